The Kier molecular flexibility index (Phi) is 6.17. The molecule has 158 valence electrons. The minimum Gasteiger partial charge on any atom is -0.505 e. The van der Waals surface area contributed by atoms with Gasteiger partial charge >= 0.3 is 5.97 Å². The van der Waals surface area contributed by atoms with Gasteiger partial charge in [0.2, 0.25) is 0 Å². The molecule has 0 aliphatic rings. The zero-order chi connectivity index (χ0) is 22.2. The highest BCUT2D eigenvalue weighted by Gasteiger charge is 2.32. The van der Waals surface area contributed by atoms with Gasteiger partial charge in [0.1, 0.15) is 0 Å². The van der Waals surface area contributed by atoms with E-state index in [1.54, 1.807) is 25.1 Å². The van der Waals surface area contributed by atoms with E-state index in [-0.39, 0.29) is 34.4 Å². The van der Waals surface area contributed by atoms with Crippen molar-refractivity contribution in [3.63, 3.8) is 0 Å². The van der Waals surface area contributed by atoms with E-state index >= 15 is 4.39 Å². The first-order valence-corrected chi connectivity index (χ1v) is 10.1. The van der Waals surface area contributed by atoms with Crippen molar-refractivity contribution in [2.45, 2.75) is 39.5 Å². The highest BCUT2D eigenvalue weighted by Crippen LogP contribution is 2.39. The summed E-state index contributed by atoms with van der Waals surface area (Å²) >= 11 is 6.02. The molecule has 0 amide bonds. The Labute approximate surface area is 178 Å². The smallest absolute Gasteiger partial charge is 0.311 e. The number of rotatable bonds is 6. The number of phenols is 1. The topological polar surface area (TPSA) is 79.5 Å². The number of hydrogen-bond donors (Lipinski definition) is 2. The fraction of sp³-hybridized carbons (Fsp3) is 0.304. The van der Waals surface area contributed by atoms with Crippen molar-refractivity contribution in [2.75, 3.05) is 0 Å². The molecule has 5 nitrogen and oxygen atoms in total. The molecule has 3 rings (SSSR count). The van der Waals surface area contributed by atoms with Gasteiger partial charge < -0.3 is 10.2 Å². The standard InChI is InChI=1S/C23H23ClFNO4/c1-4-12(2)10-16(23(29)30)19-13(3)26(17-8-9-18(27)21(25)20(17)19)22(28)14-6-5-7-15(24)11-14/h5-9,11-12,16,27H,4,10H2,1-3H3,(H,29,30). The molecule has 0 aliphatic carbocycles. The number of carboxylic acids is 1. The molecule has 0 saturated carbocycles. The number of carbonyl (C=O) groups excluding carboxylic acids is 1. The zero-order valence-corrected chi connectivity index (χ0v) is 17.7. The van der Waals surface area contributed by atoms with Gasteiger partial charge in [-0.05, 0) is 55.2 Å². The summed E-state index contributed by atoms with van der Waals surface area (Å²) < 4.78 is 16.3. The van der Waals surface area contributed by atoms with Crippen LogP contribution in [0.15, 0.2) is 36.4 Å². The largest absolute Gasteiger partial charge is 0.505 e. The van der Waals surface area contributed by atoms with Crippen molar-refractivity contribution in [1.82, 2.24) is 4.57 Å². The first-order chi connectivity index (χ1) is 14.2. The lowest BCUT2D eigenvalue weighted by molar-refractivity contribution is -0.139. The number of aromatic nitrogens is 1. The Balaban J connectivity index is 2.33. The van der Waals surface area contributed by atoms with Crippen molar-refractivity contribution in [3.8, 4) is 5.75 Å². The van der Waals surface area contributed by atoms with Crippen molar-refractivity contribution < 1.29 is 24.2 Å². The third-order valence-corrected chi connectivity index (χ3v) is 5.83. The minimum absolute atomic E-state index is 0.0430. The summed E-state index contributed by atoms with van der Waals surface area (Å²) in [5.74, 6) is -4.03. The lowest BCUT2D eigenvalue weighted by atomic mass is 9.87. The number of nitrogens with zero attached hydrogens (tertiary/aromatic N) is 1. The molecule has 1 heterocycles. The maximum absolute atomic E-state index is 15.0. The van der Waals surface area contributed by atoms with Crippen LogP contribution >= 0.6 is 11.6 Å². The first-order valence-electron chi connectivity index (χ1n) is 9.72. The zero-order valence-electron chi connectivity index (χ0n) is 16.9. The second kappa shape index (κ2) is 8.48. The Hall–Kier alpha value is -2.86. The van der Waals surface area contributed by atoms with Crippen molar-refractivity contribution >= 4 is 34.4 Å². The van der Waals surface area contributed by atoms with Gasteiger partial charge in [-0.1, -0.05) is 37.9 Å². The summed E-state index contributed by atoms with van der Waals surface area (Å²) in [4.78, 5) is 25.4. The third-order valence-electron chi connectivity index (χ3n) is 5.59. The predicted molar refractivity (Wildman–Crippen MR) is 114 cm³/mol. The average molecular weight is 432 g/mol. The molecule has 0 bridgehead atoms. The number of fused-ring (bicyclic) bond motifs is 1. The Morgan fingerprint density at radius 3 is 2.53 bits per heavy atom. The summed E-state index contributed by atoms with van der Waals surface area (Å²) in [5.41, 5.74) is 1.03. The number of halogens is 2. The predicted octanol–water partition coefficient (Wildman–Crippen LogP) is 5.74. The number of carboxylic acid groups (broad SMARTS) is 1. The summed E-state index contributed by atoms with van der Waals surface area (Å²) in [7, 11) is 0. The van der Waals surface area contributed by atoms with E-state index in [2.05, 4.69) is 0 Å². The normalized spacial score (nSPS) is 13.4. The van der Waals surface area contributed by atoms with E-state index in [4.69, 9.17) is 11.6 Å². The van der Waals surface area contributed by atoms with Gasteiger partial charge in [0.25, 0.3) is 5.91 Å². The minimum atomic E-state index is -1.10. The summed E-state index contributed by atoms with van der Waals surface area (Å²) in [6.45, 7) is 5.48. The Bertz CT molecular complexity index is 1140. The first kappa shape index (κ1) is 21.8. The van der Waals surface area contributed by atoms with E-state index in [1.807, 2.05) is 13.8 Å². The molecule has 0 aliphatic heterocycles. The van der Waals surface area contributed by atoms with Crippen LogP contribution in [0.1, 0.15) is 54.2 Å². The van der Waals surface area contributed by atoms with Gasteiger partial charge in [0.15, 0.2) is 11.6 Å². The second-order valence-electron chi connectivity index (χ2n) is 7.58. The molecule has 2 N–H and O–H groups in total. The molecular formula is C23H23ClFNO4. The molecule has 1 aromatic heterocycles. The Morgan fingerprint density at radius 1 is 1.23 bits per heavy atom. The van der Waals surface area contributed by atoms with Crippen LogP contribution in [0.2, 0.25) is 5.02 Å². The molecular weight excluding hydrogens is 409 g/mol. The van der Waals surface area contributed by atoms with Crippen LogP contribution in [0.4, 0.5) is 4.39 Å². The molecule has 2 aromatic carbocycles. The van der Waals surface area contributed by atoms with E-state index in [0.717, 1.165) is 12.5 Å². The molecule has 0 fully saturated rings. The fourth-order valence-electron chi connectivity index (χ4n) is 3.83. The lowest BCUT2D eigenvalue weighted by Crippen LogP contribution is -2.18. The third kappa shape index (κ3) is 3.79. The summed E-state index contributed by atoms with van der Waals surface area (Å²) in [5, 5.41) is 20.2. The van der Waals surface area contributed by atoms with Gasteiger partial charge in [-0.25, -0.2) is 4.39 Å². The lowest BCUT2D eigenvalue weighted by Gasteiger charge is -2.18. The number of aliphatic carboxylic acids is 1. The van der Waals surface area contributed by atoms with Crippen LogP contribution in [0.25, 0.3) is 10.9 Å². The second-order valence-corrected chi connectivity index (χ2v) is 8.02. The van der Waals surface area contributed by atoms with Crippen molar-refractivity contribution in [2.24, 2.45) is 5.92 Å². The maximum atomic E-state index is 15.0. The Morgan fingerprint density at radius 2 is 1.93 bits per heavy atom. The quantitative estimate of drug-likeness (QED) is 0.521. The number of aromatic hydroxyl groups is 1. The molecule has 2 unspecified atom stereocenters. The summed E-state index contributed by atoms with van der Waals surface area (Å²) in [6.07, 6.45) is 1.04. The van der Waals surface area contributed by atoms with Crippen molar-refractivity contribution in [1.29, 1.82) is 0 Å². The van der Waals surface area contributed by atoms with Crippen LogP contribution in [0.3, 0.4) is 0 Å². The van der Waals surface area contributed by atoms with Gasteiger partial charge in [0.05, 0.1) is 11.4 Å². The van der Waals surface area contributed by atoms with Crippen LogP contribution in [0.5, 0.6) is 5.75 Å². The fourth-order valence-corrected chi connectivity index (χ4v) is 4.02. The van der Waals surface area contributed by atoms with Gasteiger partial charge in [-0.2, -0.15) is 0 Å². The number of carbonyl (C=O) groups is 2. The molecule has 30 heavy (non-hydrogen) atoms. The molecule has 0 saturated heterocycles. The van der Waals surface area contributed by atoms with Gasteiger partial charge in [-0.3, -0.25) is 14.2 Å². The van der Waals surface area contributed by atoms with Gasteiger partial charge in [0, 0.05) is 21.7 Å². The van der Waals surface area contributed by atoms with E-state index in [1.165, 1.54) is 16.7 Å². The van der Waals surface area contributed by atoms with Crippen molar-refractivity contribution in [3.05, 3.63) is 64.1 Å². The SMILES string of the molecule is CCC(C)CC(C(=O)O)c1c(C)n(C(=O)c2cccc(Cl)c2)c2ccc(O)c(F)c12. The molecule has 2 atom stereocenters. The van der Waals surface area contributed by atoms with E-state index in [0.29, 0.717) is 10.7 Å². The maximum Gasteiger partial charge on any atom is 0.311 e. The van der Waals surface area contributed by atoms with E-state index < -0.39 is 29.4 Å². The number of benzene rings is 2. The van der Waals surface area contributed by atoms with Crippen LogP contribution < -0.4 is 0 Å². The average Bonchev–Trinajstić information content (AvgIpc) is 3.00. The summed E-state index contributed by atoms with van der Waals surface area (Å²) in [6, 6.07) is 8.94. The highest BCUT2D eigenvalue weighted by atomic mass is 35.5. The van der Waals surface area contributed by atoms with Crippen LogP contribution in [-0.4, -0.2) is 26.7 Å². The molecule has 7 heteroatoms. The van der Waals surface area contributed by atoms with Crippen LogP contribution in [-0.2, 0) is 4.79 Å². The van der Waals surface area contributed by atoms with Crippen LogP contribution in [0, 0.1) is 18.7 Å². The van der Waals surface area contributed by atoms with E-state index in [9.17, 15) is 19.8 Å². The highest BCUT2D eigenvalue weighted by molar-refractivity contribution is 6.31. The van der Waals surface area contributed by atoms with Gasteiger partial charge in [-0.15, -0.1) is 0 Å². The molecule has 3 aromatic rings. The number of hydrogen-bond acceptors (Lipinski definition) is 3. The number of phenolic OH excluding ortho intramolecular Hbond substituents is 1. The molecule has 0 spiro atoms. The monoisotopic (exact) mass is 431 g/mol. The molecule has 0 radical (unpaired) electrons.